The Balaban J connectivity index is 2.46. The van der Waals surface area contributed by atoms with E-state index >= 15 is 0 Å². The summed E-state index contributed by atoms with van der Waals surface area (Å²) in [6.45, 7) is 2.07. The van der Waals surface area contributed by atoms with Crippen LogP contribution < -0.4 is 0 Å². The molecule has 2 rings (SSSR count). The maximum Gasteiger partial charge on any atom is 0.204 e. The highest BCUT2D eigenvalue weighted by molar-refractivity contribution is 9.10. The molecule has 0 atom stereocenters. The molecule has 3 heteroatoms. The fourth-order valence-electron chi connectivity index (χ4n) is 1.63. The van der Waals surface area contributed by atoms with Crippen molar-refractivity contribution < 1.29 is 4.79 Å². The van der Waals surface area contributed by atoms with Gasteiger partial charge in [0.05, 0.1) is 4.88 Å². The van der Waals surface area contributed by atoms with Gasteiger partial charge in [-0.2, -0.15) is 0 Å². The molecular weight excluding hydrogens is 284 g/mol. The maximum atomic E-state index is 12.3. The zero-order chi connectivity index (χ0) is 11.5. The van der Waals surface area contributed by atoms with Crippen molar-refractivity contribution in [1.29, 1.82) is 0 Å². The Morgan fingerprint density at radius 1 is 1.31 bits per heavy atom. The molecule has 0 unspecified atom stereocenters. The first-order valence-corrected chi connectivity index (χ1v) is 6.77. The number of carbonyl (C=O) groups excluding carboxylic acids is 1. The van der Waals surface area contributed by atoms with Crippen LogP contribution in [0.2, 0.25) is 0 Å². The van der Waals surface area contributed by atoms with Gasteiger partial charge in [0.15, 0.2) is 0 Å². The zero-order valence-corrected chi connectivity index (χ0v) is 11.3. The van der Waals surface area contributed by atoms with Gasteiger partial charge < -0.3 is 0 Å². The van der Waals surface area contributed by atoms with Crippen molar-refractivity contribution in [2.24, 2.45) is 0 Å². The van der Waals surface area contributed by atoms with Crippen molar-refractivity contribution in [2.75, 3.05) is 0 Å². The predicted molar refractivity (Wildman–Crippen MR) is 71.3 cm³/mol. The zero-order valence-electron chi connectivity index (χ0n) is 8.87. The highest BCUT2D eigenvalue weighted by atomic mass is 79.9. The Morgan fingerprint density at radius 3 is 2.69 bits per heavy atom. The molecule has 1 aromatic heterocycles. The van der Waals surface area contributed by atoms with Crippen molar-refractivity contribution in [3.05, 3.63) is 56.2 Å². The van der Waals surface area contributed by atoms with Gasteiger partial charge in [0, 0.05) is 10.0 Å². The van der Waals surface area contributed by atoms with Gasteiger partial charge in [0.1, 0.15) is 0 Å². The Bertz CT molecular complexity index is 516. The van der Waals surface area contributed by atoms with Crippen LogP contribution in [0.3, 0.4) is 0 Å². The minimum absolute atomic E-state index is 0.110. The minimum Gasteiger partial charge on any atom is -0.288 e. The fraction of sp³-hybridized carbons (Fsp3) is 0.154. The third kappa shape index (κ3) is 2.11. The van der Waals surface area contributed by atoms with Crippen LogP contribution >= 0.6 is 27.3 Å². The number of ketones is 1. The van der Waals surface area contributed by atoms with Crippen LogP contribution in [0, 0.1) is 0 Å². The summed E-state index contributed by atoms with van der Waals surface area (Å²) in [4.78, 5) is 13.1. The van der Waals surface area contributed by atoms with Gasteiger partial charge in [-0.3, -0.25) is 4.79 Å². The lowest BCUT2D eigenvalue weighted by atomic mass is 10.0. The maximum absolute atomic E-state index is 12.3. The van der Waals surface area contributed by atoms with E-state index in [2.05, 4.69) is 22.9 Å². The number of carbonyl (C=O) groups is 1. The molecule has 0 N–H and O–H groups in total. The lowest BCUT2D eigenvalue weighted by molar-refractivity contribution is 0.104. The summed E-state index contributed by atoms with van der Waals surface area (Å²) in [5.74, 6) is 0.110. The summed E-state index contributed by atoms with van der Waals surface area (Å²) in [7, 11) is 0. The molecule has 0 aliphatic heterocycles. The van der Waals surface area contributed by atoms with Gasteiger partial charge in [-0.1, -0.05) is 31.2 Å². The normalized spacial score (nSPS) is 10.4. The smallest absolute Gasteiger partial charge is 0.204 e. The van der Waals surface area contributed by atoms with E-state index in [1.807, 2.05) is 35.7 Å². The summed E-state index contributed by atoms with van der Waals surface area (Å²) >= 11 is 4.88. The van der Waals surface area contributed by atoms with Crippen molar-refractivity contribution in [2.45, 2.75) is 13.3 Å². The van der Waals surface area contributed by atoms with Gasteiger partial charge in [-0.15, -0.1) is 11.3 Å². The van der Waals surface area contributed by atoms with E-state index in [1.54, 1.807) is 0 Å². The minimum atomic E-state index is 0.110. The molecule has 0 amide bonds. The predicted octanol–water partition coefficient (Wildman–Crippen LogP) is 4.30. The summed E-state index contributed by atoms with van der Waals surface area (Å²) in [6.07, 6.45) is 0.880. The highest BCUT2D eigenvalue weighted by Crippen LogP contribution is 2.26. The first-order chi connectivity index (χ1) is 7.74. The third-order valence-corrected chi connectivity index (χ3v) is 4.30. The first-order valence-electron chi connectivity index (χ1n) is 5.09. The van der Waals surface area contributed by atoms with Gasteiger partial charge in [0.25, 0.3) is 0 Å². The fourth-order valence-corrected chi connectivity index (χ4v) is 3.13. The van der Waals surface area contributed by atoms with E-state index in [4.69, 9.17) is 0 Å². The monoisotopic (exact) mass is 294 g/mol. The molecule has 0 bridgehead atoms. The molecule has 1 nitrogen and oxygen atoms in total. The van der Waals surface area contributed by atoms with Gasteiger partial charge >= 0.3 is 0 Å². The summed E-state index contributed by atoms with van der Waals surface area (Å²) in [6, 6.07) is 9.70. The number of halogens is 1. The first kappa shape index (κ1) is 11.6. The molecule has 0 saturated heterocycles. The molecule has 1 aromatic carbocycles. The average molecular weight is 295 g/mol. The van der Waals surface area contributed by atoms with Crippen molar-refractivity contribution in [3.8, 4) is 0 Å². The second kappa shape index (κ2) is 4.93. The second-order valence-electron chi connectivity index (χ2n) is 3.44. The Morgan fingerprint density at radius 2 is 2.06 bits per heavy atom. The molecule has 0 radical (unpaired) electrons. The molecule has 0 fully saturated rings. The number of benzene rings is 1. The molecule has 16 heavy (non-hydrogen) atoms. The SMILES string of the molecule is CCc1ccccc1C(=O)c1sccc1Br. The number of hydrogen-bond donors (Lipinski definition) is 0. The summed E-state index contributed by atoms with van der Waals surface area (Å²) in [5.41, 5.74) is 1.92. The standard InChI is InChI=1S/C13H11BrOS/c1-2-9-5-3-4-6-10(9)12(15)13-11(14)7-8-16-13/h3-8H,2H2,1H3. The van der Waals surface area contributed by atoms with Crippen LogP contribution in [0.25, 0.3) is 0 Å². The van der Waals surface area contributed by atoms with E-state index < -0.39 is 0 Å². The average Bonchev–Trinajstić information content (AvgIpc) is 2.74. The van der Waals surface area contributed by atoms with Crippen LogP contribution in [0.15, 0.2) is 40.2 Å². The topological polar surface area (TPSA) is 17.1 Å². The molecule has 1 heterocycles. The number of rotatable bonds is 3. The Labute approximate surface area is 107 Å². The molecule has 0 saturated carbocycles. The highest BCUT2D eigenvalue weighted by Gasteiger charge is 2.16. The van der Waals surface area contributed by atoms with Gasteiger partial charge in [-0.25, -0.2) is 0 Å². The largest absolute Gasteiger partial charge is 0.288 e. The number of hydrogen-bond acceptors (Lipinski definition) is 2. The quantitative estimate of drug-likeness (QED) is 0.771. The van der Waals surface area contributed by atoms with Crippen molar-refractivity contribution in [3.63, 3.8) is 0 Å². The Kier molecular flexibility index (Phi) is 3.56. The third-order valence-electron chi connectivity index (χ3n) is 2.47. The van der Waals surface area contributed by atoms with Crippen LogP contribution in [0.4, 0.5) is 0 Å². The number of thiophene rings is 1. The van der Waals surface area contributed by atoms with Crippen LogP contribution in [-0.2, 0) is 6.42 Å². The van der Waals surface area contributed by atoms with Crippen LogP contribution in [0.5, 0.6) is 0 Å². The van der Waals surface area contributed by atoms with E-state index in [1.165, 1.54) is 11.3 Å². The lowest BCUT2D eigenvalue weighted by Crippen LogP contribution is -2.03. The summed E-state index contributed by atoms with van der Waals surface area (Å²) in [5, 5.41) is 1.92. The Hall–Kier alpha value is -0.930. The van der Waals surface area contributed by atoms with Crippen molar-refractivity contribution >= 4 is 33.0 Å². The molecule has 0 aliphatic rings. The van der Waals surface area contributed by atoms with Crippen LogP contribution in [-0.4, -0.2) is 5.78 Å². The van der Waals surface area contributed by atoms with Gasteiger partial charge in [0.2, 0.25) is 5.78 Å². The lowest BCUT2D eigenvalue weighted by Gasteiger charge is -2.05. The van der Waals surface area contributed by atoms with E-state index in [0.717, 1.165) is 26.9 Å². The van der Waals surface area contributed by atoms with E-state index in [9.17, 15) is 4.79 Å². The van der Waals surface area contributed by atoms with E-state index in [-0.39, 0.29) is 5.78 Å². The molecule has 82 valence electrons. The van der Waals surface area contributed by atoms with Crippen molar-refractivity contribution in [1.82, 2.24) is 0 Å². The van der Waals surface area contributed by atoms with Crippen LogP contribution in [0.1, 0.15) is 27.7 Å². The molecular formula is C13H11BrOS. The second-order valence-corrected chi connectivity index (χ2v) is 5.21. The van der Waals surface area contributed by atoms with E-state index in [0.29, 0.717) is 0 Å². The summed E-state index contributed by atoms with van der Waals surface area (Å²) < 4.78 is 0.883. The molecule has 2 aromatic rings. The van der Waals surface area contributed by atoms with Gasteiger partial charge in [-0.05, 0) is 39.4 Å². The number of aryl methyl sites for hydroxylation is 1. The molecule has 0 aliphatic carbocycles. The molecule has 0 spiro atoms.